The first-order chi connectivity index (χ1) is 12.9. The van der Waals surface area contributed by atoms with E-state index >= 15 is 0 Å². The van der Waals surface area contributed by atoms with Gasteiger partial charge in [0.2, 0.25) is 0 Å². The maximum atomic E-state index is 11.8. The molecule has 5 heteroatoms. The number of carbonyl (C=O) groups is 1. The molecule has 0 saturated heterocycles. The summed E-state index contributed by atoms with van der Waals surface area (Å²) in [4.78, 5) is 13.9. The van der Waals surface area contributed by atoms with Crippen molar-refractivity contribution in [1.29, 1.82) is 5.26 Å². The molecule has 0 unspecified atom stereocenters. The molecule has 27 heavy (non-hydrogen) atoms. The van der Waals surface area contributed by atoms with Crippen molar-refractivity contribution in [2.75, 3.05) is 26.0 Å². The molecule has 0 radical (unpaired) electrons. The van der Waals surface area contributed by atoms with Crippen LogP contribution in [-0.4, -0.2) is 27.1 Å². The summed E-state index contributed by atoms with van der Waals surface area (Å²) in [6, 6.07) is 18.0. The third kappa shape index (κ3) is 3.56. The van der Waals surface area contributed by atoms with Gasteiger partial charge in [0.05, 0.1) is 0 Å². The summed E-state index contributed by atoms with van der Waals surface area (Å²) in [6.07, 6.45) is 0. The van der Waals surface area contributed by atoms with Gasteiger partial charge in [-0.3, -0.25) is 4.79 Å². The SMILES string of the molecule is CNC(=O)C(C#N)=C(C)c1ccc(-c2ccc3cc(N(C)C)ccc3c2)o1. The number of nitrogens with zero attached hydrogens (tertiary/aromatic N) is 2. The average molecular weight is 359 g/mol. The highest BCUT2D eigenvalue weighted by Crippen LogP contribution is 2.30. The molecule has 0 spiro atoms. The summed E-state index contributed by atoms with van der Waals surface area (Å²) >= 11 is 0. The van der Waals surface area contributed by atoms with E-state index in [2.05, 4.69) is 40.5 Å². The van der Waals surface area contributed by atoms with Crippen LogP contribution in [0.15, 0.2) is 58.5 Å². The fourth-order valence-electron chi connectivity index (χ4n) is 2.91. The van der Waals surface area contributed by atoms with Crippen molar-refractivity contribution in [3.63, 3.8) is 0 Å². The number of carbonyl (C=O) groups excluding carboxylic acids is 1. The number of nitriles is 1. The van der Waals surface area contributed by atoms with Crippen molar-refractivity contribution in [3.05, 3.63) is 59.9 Å². The number of amides is 1. The second-order valence-corrected chi connectivity index (χ2v) is 6.50. The Morgan fingerprint density at radius 2 is 1.78 bits per heavy atom. The number of likely N-dealkylation sites (N-methyl/N-ethyl adjacent to an activating group) is 1. The third-order valence-corrected chi connectivity index (χ3v) is 4.54. The molecule has 3 rings (SSSR count). The molecule has 0 atom stereocenters. The second kappa shape index (κ2) is 7.38. The van der Waals surface area contributed by atoms with Crippen molar-refractivity contribution < 1.29 is 9.21 Å². The lowest BCUT2D eigenvalue weighted by Crippen LogP contribution is -2.20. The molecule has 0 aliphatic rings. The van der Waals surface area contributed by atoms with Gasteiger partial charge >= 0.3 is 0 Å². The molecule has 136 valence electrons. The standard InChI is InChI=1S/C22H21N3O2/c1-14(19(13-23)22(26)24-2)20-9-10-21(27-20)17-6-5-16-12-18(25(3)4)8-7-15(16)11-17/h5-12H,1-4H3,(H,24,26). The Hall–Kier alpha value is -3.52. The van der Waals surface area contributed by atoms with Crippen LogP contribution in [0.5, 0.6) is 0 Å². The lowest BCUT2D eigenvalue weighted by Gasteiger charge is -2.13. The summed E-state index contributed by atoms with van der Waals surface area (Å²) in [5, 5.41) is 14.0. The smallest absolute Gasteiger partial charge is 0.262 e. The first kappa shape index (κ1) is 18.3. The first-order valence-corrected chi connectivity index (χ1v) is 8.59. The number of nitrogens with one attached hydrogen (secondary N) is 1. The average Bonchev–Trinajstić information content (AvgIpc) is 3.17. The molecule has 0 saturated carbocycles. The number of fused-ring (bicyclic) bond motifs is 1. The molecule has 1 aromatic heterocycles. The molecule has 1 heterocycles. The van der Waals surface area contributed by atoms with E-state index in [1.807, 2.05) is 32.3 Å². The molecule has 1 amide bonds. The predicted octanol–water partition coefficient (Wildman–Crippen LogP) is 4.21. The molecule has 0 fully saturated rings. The van der Waals surface area contributed by atoms with E-state index in [1.165, 1.54) is 7.05 Å². The van der Waals surface area contributed by atoms with Gasteiger partial charge in [-0.15, -0.1) is 0 Å². The molecular weight excluding hydrogens is 338 g/mol. The summed E-state index contributed by atoms with van der Waals surface area (Å²) in [5.74, 6) is 0.778. The number of hydrogen-bond acceptors (Lipinski definition) is 4. The number of rotatable bonds is 4. The van der Waals surface area contributed by atoms with Gasteiger partial charge in [0.1, 0.15) is 23.2 Å². The zero-order valence-electron chi connectivity index (χ0n) is 15.8. The minimum absolute atomic E-state index is 0.0492. The Morgan fingerprint density at radius 3 is 2.44 bits per heavy atom. The van der Waals surface area contributed by atoms with E-state index < -0.39 is 5.91 Å². The maximum Gasteiger partial charge on any atom is 0.262 e. The zero-order valence-corrected chi connectivity index (χ0v) is 15.8. The topological polar surface area (TPSA) is 69.3 Å². The lowest BCUT2D eigenvalue weighted by atomic mass is 10.0. The van der Waals surface area contributed by atoms with Gasteiger partial charge in [-0.25, -0.2) is 0 Å². The fraction of sp³-hybridized carbons (Fsp3) is 0.182. The number of allylic oxidation sites excluding steroid dienone is 1. The van der Waals surface area contributed by atoms with Crippen LogP contribution in [-0.2, 0) is 4.79 Å². The maximum absolute atomic E-state index is 11.8. The summed E-state index contributed by atoms with van der Waals surface area (Å²) in [7, 11) is 5.53. The Balaban J connectivity index is 1.99. The van der Waals surface area contributed by atoms with E-state index in [0.717, 1.165) is 22.0 Å². The molecule has 5 nitrogen and oxygen atoms in total. The van der Waals surface area contributed by atoms with Crippen molar-refractivity contribution in [2.24, 2.45) is 0 Å². The van der Waals surface area contributed by atoms with Crippen molar-refractivity contribution in [2.45, 2.75) is 6.92 Å². The number of hydrogen-bond donors (Lipinski definition) is 1. The summed E-state index contributed by atoms with van der Waals surface area (Å²) in [6.45, 7) is 1.71. The van der Waals surface area contributed by atoms with Crippen LogP contribution < -0.4 is 10.2 Å². The van der Waals surface area contributed by atoms with Crippen LogP contribution in [0.1, 0.15) is 12.7 Å². The number of furan rings is 1. The number of benzene rings is 2. The summed E-state index contributed by atoms with van der Waals surface area (Å²) < 4.78 is 5.92. The van der Waals surface area contributed by atoms with E-state index in [0.29, 0.717) is 17.1 Å². The quantitative estimate of drug-likeness (QED) is 0.560. The van der Waals surface area contributed by atoms with Gasteiger partial charge < -0.3 is 14.6 Å². The molecule has 0 bridgehead atoms. The minimum Gasteiger partial charge on any atom is -0.456 e. The Morgan fingerprint density at radius 1 is 1.07 bits per heavy atom. The van der Waals surface area contributed by atoms with Gasteiger partial charge in [-0.1, -0.05) is 18.2 Å². The zero-order chi connectivity index (χ0) is 19.6. The van der Waals surface area contributed by atoms with Crippen LogP contribution in [0.25, 0.3) is 27.7 Å². The van der Waals surface area contributed by atoms with Gasteiger partial charge in [0, 0.05) is 38.0 Å². The number of anilines is 1. The fourth-order valence-corrected chi connectivity index (χ4v) is 2.91. The highest BCUT2D eigenvalue weighted by atomic mass is 16.3. The van der Waals surface area contributed by atoms with Crippen LogP contribution in [0, 0.1) is 11.3 Å². The van der Waals surface area contributed by atoms with Crippen molar-refractivity contribution >= 4 is 27.9 Å². The van der Waals surface area contributed by atoms with E-state index in [9.17, 15) is 10.1 Å². The monoisotopic (exact) mass is 359 g/mol. The molecular formula is C22H21N3O2. The van der Waals surface area contributed by atoms with E-state index in [-0.39, 0.29) is 5.57 Å². The summed E-state index contributed by atoms with van der Waals surface area (Å²) in [5.41, 5.74) is 2.65. The molecule has 0 aliphatic carbocycles. The Bertz CT molecular complexity index is 1080. The second-order valence-electron chi connectivity index (χ2n) is 6.50. The first-order valence-electron chi connectivity index (χ1n) is 8.59. The van der Waals surface area contributed by atoms with Crippen molar-refractivity contribution in [3.8, 4) is 17.4 Å². The minimum atomic E-state index is -0.421. The highest BCUT2D eigenvalue weighted by Gasteiger charge is 2.15. The van der Waals surface area contributed by atoms with Crippen LogP contribution in [0.4, 0.5) is 5.69 Å². The van der Waals surface area contributed by atoms with Gasteiger partial charge in [0.15, 0.2) is 0 Å². The molecule has 1 N–H and O–H groups in total. The normalized spacial score (nSPS) is 11.7. The largest absolute Gasteiger partial charge is 0.456 e. The van der Waals surface area contributed by atoms with E-state index in [1.54, 1.807) is 13.0 Å². The third-order valence-electron chi connectivity index (χ3n) is 4.54. The van der Waals surface area contributed by atoms with Gasteiger partial charge in [-0.05, 0) is 48.0 Å². The van der Waals surface area contributed by atoms with Crippen LogP contribution >= 0.6 is 0 Å². The van der Waals surface area contributed by atoms with E-state index in [4.69, 9.17) is 4.42 Å². The van der Waals surface area contributed by atoms with Crippen LogP contribution in [0.3, 0.4) is 0 Å². The van der Waals surface area contributed by atoms with Crippen molar-refractivity contribution in [1.82, 2.24) is 5.32 Å². The lowest BCUT2D eigenvalue weighted by molar-refractivity contribution is -0.116. The van der Waals surface area contributed by atoms with Gasteiger partial charge in [0.25, 0.3) is 5.91 Å². The van der Waals surface area contributed by atoms with Crippen LogP contribution in [0.2, 0.25) is 0 Å². The molecule has 2 aromatic carbocycles. The van der Waals surface area contributed by atoms with Gasteiger partial charge in [-0.2, -0.15) is 5.26 Å². The highest BCUT2D eigenvalue weighted by molar-refractivity contribution is 6.04. The molecule has 0 aliphatic heterocycles. The predicted molar refractivity (Wildman–Crippen MR) is 108 cm³/mol. The Kier molecular flexibility index (Phi) is 5.00. The Labute approximate surface area is 158 Å². The molecule has 3 aromatic rings.